The Bertz CT molecular complexity index is 985. The lowest BCUT2D eigenvalue weighted by Crippen LogP contribution is -2.05. The smallest absolute Gasteiger partial charge is 0.334 e. The Kier molecular flexibility index (Phi) is 4.57. The molecule has 3 aromatic rings. The molecule has 0 aliphatic rings. The van der Waals surface area contributed by atoms with Crippen molar-refractivity contribution in [2.75, 3.05) is 14.2 Å². The zero-order valence-electron chi connectivity index (χ0n) is 14.4. The Labute approximate surface area is 148 Å². The van der Waals surface area contributed by atoms with Crippen molar-refractivity contribution in [2.24, 2.45) is 0 Å². The topological polar surface area (TPSA) is 79.4 Å². The van der Waals surface area contributed by atoms with Gasteiger partial charge in [0.2, 0.25) is 5.75 Å². The number of nitro benzene ring substituents is 1. The molecule has 0 aliphatic carbocycles. The van der Waals surface area contributed by atoms with Crippen LogP contribution in [-0.2, 0) is 0 Å². The third-order valence-corrected chi connectivity index (χ3v) is 3.86. The van der Waals surface area contributed by atoms with Crippen molar-refractivity contribution in [1.82, 2.24) is 9.55 Å². The van der Waals surface area contributed by atoms with Crippen LogP contribution < -0.4 is 9.47 Å². The summed E-state index contributed by atoms with van der Waals surface area (Å²) in [6.07, 6.45) is 1.60. The predicted octanol–water partition coefficient (Wildman–Crippen LogP) is 3.91. The fourth-order valence-electron chi connectivity index (χ4n) is 2.78. The summed E-state index contributed by atoms with van der Waals surface area (Å²) in [6, 6.07) is 9.20. The van der Waals surface area contributed by atoms with Gasteiger partial charge in [-0.15, -0.1) is 0 Å². The van der Waals surface area contributed by atoms with Crippen LogP contribution in [0.3, 0.4) is 0 Å². The molecule has 0 N–H and O–H groups in total. The molecule has 0 spiro atoms. The average molecular weight is 357 g/mol. The van der Waals surface area contributed by atoms with Crippen molar-refractivity contribution < 1.29 is 18.8 Å². The molecule has 8 heteroatoms. The van der Waals surface area contributed by atoms with Gasteiger partial charge in [0, 0.05) is 18.3 Å². The van der Waals surface area contributed by atoms with Gasteiger partial charge in [-0.25, -0.2) is 9.37 Å². The number of imidazole rings is 1. The second kappa shape index (κ2) is 6.83. The zero-order valence-corrected chi connectivity index (χ0v) is 14.4. The van der Waals surface area contributed by atoms with E-state index in [2.05, 4.69) is 4.98 Å². The van der Waals surface area contributed by atoms with E-state index in [0.717, 1.165) is 12.1 Å². The Morgan fingerprint density at radius 2 is 1.85 bits per heavy atom. The summed E-state index contributed by atoms with van der Waals surface area (Å²) in [4.78, 5) is 15.5. The van der Waals surface area contributed by atoms with Crippen molar-refractivity contribution in [2.45, 2.75) is 6.92 Å². The molecule has 2 aromatic carbocycles. The molecule has 0 amide bonds. The fourth-order valence-corrected chi connectivity index (χ4v) is 2.78. The maximum atomic E-state index is 14.1. The summed E-state index contributed by atoms with van der Waals surface area (Å²) in [5.41, 5.74) is 0.917. The molecule has 0 saturated heterocycles. The molecule has 0 bridgehead atoms. The van der Waals surface area contributed by atoms with Gasteiger partial charge in [-0.3, -0.25) is 14.7 Å². The van der Waals surface area contributed by atoms with Crippen LogP contribution in [0.2, 0.25) is 0 Å². The van der Waals surface area contributed by atoms with Gasteiger partial charge in [-0.1, -0.05) is 12.1 Å². The second-order valence-electron chi connectivity index (χ2n) is 5.51. The summed E-state index contributed by atoms with van der Waals surface area (Å²) in [5.74, 6) is 0.128. The van der Waals surface area contributed by atoms with E-state index in [1.54, 1.807) is 37.4 Å². The number of aryl methyl sites for hydroxylation is 1. The summed E-state index contributed by atoms with van der Waals surface area (Å²) >= 11 is 0. The number of nitrogens with zero attached hydrogens (tertiary/aromatic N) is 3. The molecule has 0 saturated carbocycles. The van der Waals surface area contributed by atoms with Crippen molar-refractivity contribution >= 4 is 5.69 Å². The number of halogens is 1. The first-order chi connectivity index (χ1) is 12.5. The number of hydrogen-bond acceptors (Lipinski definition) is 5. The molecule has 1 heterocycles. The lowest BCUT2D eigenvalue weighted by atomic mass is 10.1. The quantitative estimate of drug-likeness (QED) is 0.511. The summed E-state index contributed by atoms with van der Waals surface area (Å²) < 4.78 is 25.9. The third-order valence-electron chi connectivity index (χ3n) is 3.86. The molecule has 26 heavy (non-hydrogen) atoms. The normalized spacial score (nSPS) is 10.6. The van der Waals surface area contributed by atoms with E-state index < -0.39 is 10.7 Å². The predicted molar refractivity (Wildman–Crippen MR) is 93.5 cm³/mol. The van der Waals surface area contributed by atoms with Crippen LogP contribution in [0.15, 0.2) is 42.6 Å². The number of hydrogen-bond donors (Lipinski definition) is 0. The highest BCUT2D eigenvalue weighted by atomic mass is 19.1. The number of aromatic nitrogens is 2. The van der Waals surface area contributed by atoms with E-state index in [0.29, 0.717) is 22.8 Å². The maximum Gasteiger partial charge on any atom is 0.334 e. The van der Waals surface area contributed by atoms with Gasteiger partial charge in [0.05, 0.1) is 30.4 Å². The molecular weight excluding hydrogens is 341 g/mol. The van der Waals surface area contributed by atoms with Gasteiger partial charge in [0.15, 0.2) is 0 Å². The minimum atomic E-state index is -0.653. The number of methoxy groups -OCH3 is 2. The molecule has 0 fully saturated rings. The largest absolute Gasteiger partial charge is 0.496 e. The lowest BCUT2D eigenvalue weighted by molar-refractivity contribution is -0.385. The molecule has 3 rings (SSSR count). The molecule has 0 radical (unpaired) electrons. The number of benzene rings is 2. The van der Waals surface area contributed by atoms with Gasteiger partial charge in [0.1, 0.15) is 23.1 Å². The van der Waals surface area contributed by atoms with Crippen molar-refractivity contribution in [1.29, 1.82) is 0 Å². The van der Waals surface area contributed by atoms with Gasteiger partial charge in [0.25, 0.3) is 0 Å². The van der Waals surface area contributed by atoms with Gasteiger partial charge in [-0.2, -0.15) is 0 Å². The third kappa shape index (κ3) is 2.97. The van der Waals surface area contributed by atoms with Crippen LogP contribution in [0, 0.1) is 22.9 Å². The first kappa shape index (κ1) is 17.4. The van der Waals surface area contributed by atoms with Crippen molar-refractivity contribution in [3.63, 3.8) is 0 Å². The second-order valence-corrected chi connectivity index (χ2v) is 5.51. The number of para-hydroxylation sites is 1. The monoisotopic (exact) mass is 357 g/mol. The van der Waals surface area contributed by atoms with Crippen LogP contribution in [0.4, 0.5) is 10.1 Å². The Morgan fingerprint density at radius 3 is 2.50 bits per heavy atom. The first-order valence-electron chi connectivity index (χ1n) is 7.68. The minimum absolute atomic E-state index is 0.0216. The average Bonchev–Trinajstić information content (AvgIpc) is 3.02. The Hall–Kier alpha value is -3.42. The summed E-state index contributed by atoms with van der Waals surface area (Å²) in [6.45, 7) is 1.75. The van der Waals surface area contributed by atoms with E-state index in [1.807, 2.05) is 0 Å². The van der Waals surface area contributed by atoms with E-state index in [4.69, 9.17) is 9.47 Å². The summed E-state index contributed by atoms with van der Waals surface area (Å²) in [5, 5.41) is 11.6. The van der Waals surface area contributed by atoms with Crippen molar-refractivity contribution in [3.05, 3.63) is 64.2 Å². The van der Waals surface area contributed by atoms with Crippen molar-refractivity contribution in [3.8, 4) is 28.6 Å². The van der Waals surface area contributed by atoms with E-state index in [9.17, 15) is 14.5 Å². The lowest BCUT2D eigenvalue weighted by Gasteiger charge is -2.13. The van der Waals surface area contributed by atoms with E-state index in [1.165, 1.54) is 18.8 Å². The molecule has 1 aromatic heterocycles. The Morgan fingerprint density at radius 1 is 1.15 bits per heavy atom. The van der Waals surface area contributed by atoms with Crippen LogP contribution in [0.1, 0.15) is 5.69 Å². The standard InChI is InChI=1S/C18H16FN3O4/c1-11-10-21(18(20-11)13-6-4-5-7-15(13)25-2)14-8-12(19)9-16(26-3)17(14)22(23)24/h4-10H,1-3H3. The maximum absolute atomic E-state index is 14.1. The molecule has 0 unspecified atom stereocenters. The number of nitro groups is 1. The first-order valence-corrected chi connectivity index (χ1v) is 7.68. The van der Waals surface area contributed by atoms with Crippen LogP contribution in [0.5, 0.6) is 11.5 Å². The fraction of sp³-hybridized carbons (Fsp3) is 0.167. The molecule has 0 aliphatic heterocycles. The zero-order chi connectivity index (χ0) is 18.8. The molecular formula is C18H16FN3O4. The van der Waals surface area contributed by atoms with Crippen LogP contribution >= 0.6 is 0 Å². The van der Waals surface area contributed by atoms with Gasteiger partial charge >= 0.3 is 5.69 Å². The SMILES string of the molecule is COc1ccccc1-c1nc(C)cn1-c1cc(F)cc(OC)c1[N+](=O)[O-]. The molecule has 134 valence electrons. The summed E-state index contributed by atoms with van der Waals surface area (Å²) in [7, 11) is 2.78. The highest BCUT2D eigenvalue weighted by Crippen LogP contribution is 2.38. The number of rotatable bonds is 5. The minimum Gasteiger partial charge on any atom is -0.496 e. The van der Waals surface area contributed by atoms with E-state index >= 15 is 0 Å². The highest BCUT2D eigenvalue weighted by Gasteiger charge is 2.26. The van der Waals surface area contributed by atoms with Crippen LogP contribution in [-0.4, -0.2) is 28.7 Å². The molecule has 7 nitrogen and oxygen atoms in total. The molecule has 0 atom stereocenters. The highest BCUT2D eigenvalue weighted by molar-refractivity contribution is 5.70. The van der Waals surface area contributed by atoms with Crippen LogP contribution in [0.25, 0.3) is 17.1 Å². The van der Waals surface area contributed by atoms with Gasteiger partial charge < -0.3 is 9.47 Å². The number of ether oxygens (including phenoxy) is 2. The van der Waals surface area contributed by atoms with Gasteiger partial charge in [-0.05, 0) is 19.1 Å². The Balaban J connectivity index is 2.34. The van der Waals surface area contributed by atoms with E-state index in [-0.39, 0.29) is 17.1 Å².